The Hall–Kier alpha value is -1.06. The van der Waals surface area contributed by atoms with Crippen LogP contribution in [0.2, 0.25) is 0 Å². The second-order valence-corrected chi connectivity index (χ2v) is 7.35. The minimum atomic E-state index is 0.196. The van der Waals surface area contributed by atoms with Gasteiger partial charge in [0.05, 0.1) is 0 Å². The summed E-state index contributed by atoms with van der Waals surface area (Å²) in [5.74, 6) is 1.55. The zero-order valence-electron chi connectivity index (χ0n) is 13.9. The largest absolute Gasteiger partial charge is 0.492 e. The van der Waals surface area contributed by atoms with Crippen LogP contribution in [0.4, 0.5) is 0 Å². The minimum Gasteiger partial charge on any atom is -0.492 e. The van der Waals surface area contributed by atoms with Crippen molar-refractivity contribution in [2.75, 3.05) is 26.2 Å². The van der Waals surface area contributed by atoms with E-state index in [1.807, 2.05) is 0 Å². The van der Waals surface area contributed by atoms with Gasteiger partial charge in [-0.1, -0.05) is 39.8 Å². The standard InChI is InChI=1S/C18H30N2O/c1-14-13-20(10-9-17(14)19)11-12-21-16-7-5-15(6-8-16)18(2,3)4/h5-8,14,17H,9-13,19H2,1-4H3. The molecule has 1 aromatic rings. The second-order valence-electron chi connectivity index (χ2n) is 7.35. The lowest BCUT2D eigenvalue weighted by atomic mass is 9.87. The molecule has 2 unspecified atom stereocenters. The maximum Gasteiger partial charge on any atom is 0.119 e. The highest BCUT2D eigenvalue weighted by Crippen LogP contribution is 2.24. The van der Waals surface area contributed by atoms with Gasteiger partial charge >= 0.3 is 0 Å². The number of nitrogens with two attached hydrogens (primary N) is 1. The Labute approximate surface area is 129 Å². The molecule has 0 aliphatic carbocycles. The van der Waals surface area contributed by atoms with Crippen molar-refractivity contribution >= 4 is 0 Å². The van der Waals surface area contributed by atoms with Crippen molar-refractivity contribution in [3.63, 3.8) is 0 Å². The van der Waals surface area contributed by atoms with Crippen molar-refractivity contribution < 1.29 is 4.74 Å². The number of hydrogen-bond acceptors (Lipinski definition) is 3. The number of benzene rings is 1. The zero-order valence-corrected chi connectivity index (χ0v) is 13.9. The maximum atomic E-state index is 6.05. The Balaban J connectivity index is 1.76. The first-order valence-electron chi connectivity index (χ1n) is 8.07. The second kappa shape index (κ2) is 6.80. The molecule has 0 aromatic heterocycles. The average molecular weight is 290 g/mol. The highest BCUT2D eigenvalue weighted by molar-refractivity contribution is 5.31. The van der Waals surface area contributed by atoms with Crippen molar-refractivity contribution in [1.82, 2.24) is 4.90 Å². The van der Waals surface area contributed by atoms with Gasteiger partial charge in [0.1, 0.15) is 12.4 Å². The molecule has 21 heavy (non-hydrogen) atoms. The third-order valence-electron chi connectivity index (χ3n) is 4.45. The van der Waals surface area contributed by atoms with Gasteiger partial charge in [0.25, 0.3) is 0 Å². The predicted octanol–water partition coefficient (Wildman–Crippen LogP) is 3.03. The molecule has 1 aliphatic rings. The summed E-state index contributed by atoms with van der Waals surface area (Å²) in [4.78, 5) is 2.46. The van der Waals surface area contributed by atoms with Crippen molar-refractivity contribution in [1.29, 1.82) is 0 Å². The molecule has 1 aromatic carbocycles. The van der Waals surface area contributed by atoms with Crippen LogP contribution in [0.1, 0.15) is 39.7 Å². The lowest BCUT2D eigenvalue weighted by Crippen LogP contribution is -2.46. The Bertz CT molecular complexity index is 436. The predicted molar refractivity (Wildman–Crippen MR) is 88.8 cm³/mol. The van der Waals surface area contributed by atoms with Crippen LogP contribution < -0.4 is 10.5 Å². The molecule has 1 saturated heterocycles. The number of likely N-dealkylation sites (tertiary alicyclic amines) is 1. The first-order chi connectivity index (χ1) is 9.86. The number of hydrogen-bond donors (Lipinski definition) is 1. The highest BCUT2D eigenvalue weighted by atomic mass is 16.5. The lowest BCUT2D eigenvalue weighted by molar-refractivity contribution is 0.140. The van der Waals surface area contributed by atoms with E-state index in [1.165, 1.54) is 5.56 Å². The molecule has 1 aliphatic heterocycles. The molecule has 1 heterocycles. The summed E-state index contributed by atoms with van der Waals surface area (Å²) < 4.78 is 5.87. The summed E-state index contributed by atoms with van der Waals surface area (Å²) in [6.45, 7) is 12.8. The summed E-state index contributed by atoms with van der Waals surface area (Å²) in [6.07, 6.45) is 1.10. The number of piperidine rings is 1. The highest BCUT2D eigenvalue weighted by Gasteiger charge is 2.22. The van der Waals surface area contributed by atoms with Gasteiger partial charge in [-0.25, -0.2) is 0 Å². The molecular weight excluding hydrogens is 260 g/mol. The molecule has 118 valence electrons. The summed E-state index contributed by atoms with van der Waals surface area (Å²) >= 11 is 0. The molecular formula is C18H30N2O. The Morgan fingerprint density at radius 3 is 2.48 bits per heavy atom. The van der Waals surface area contributed by atoms with E-state index < -0.39 is 0 Å². The molecule has 2 N–H and O–H groups in total. The van der Waals surface area contributed by atoms with Crippen LogP contribution in [0, 0.1) is 5.92 Å². The number of rotatable bonds is 4. The third kappa shape index (κ3) is 4.72. The van der Waals surface area contributed by atoms with Gasteiger partial charge in [-0.15, -0.1) is 0 Å². The Kier molecular flexibility index (Phi) is 5.28. The van der Waals surface area contributed by atoms with Gasteiger partial charge in [-0.2, -0.15) is 0 Å². The van der Waals surface area contributed by atoms with E-state index in [2.05, 4.69) is 56.9 Å². The Morgan fingerprint density at radius 1 is 1.24 bits per heavy atom. The van der Waals surface area contributed by atoms with Crippen LogP contribution in [-0.2, 0) is 5.41 Å². The molecule has 2 rings (SSSR count). The van der Waals surface area contributed by atoms with E-state index in [0.29, 0.717) is 12.0 Å². The van der Waals surface area contributed by atoms with E-state index in [9.17, 15) is 0 Å². The molecule has 0 spiro atoms. The van der Waals surface area contributed by atoms with Crippen molar-refractivity contribution in [3.05, 3.63) is 29.8 Å². The fourth-order valence-corrected chi connectivity index (χ4v) is 2.80. The smallest absolute Gasteiger partial charge is 0.119 e. The van der Waals surface area contributed by atoms with Crippen molar-refractivity contribution in [2.45, 2.75) is 45.6 Å². The molecule has 0 radical (unpaired) electrons. The van der Waals surface area contributed by atoms with Gasteiger partial charge in [0.2, 0.25) is 0 Å². The fourth-order valence-electron chi connectivity index (χ4n) is 2.80. The first kappa shape index (κ1) is 16.3. The summed E-state index contributed by atoms with van der Waals surface area (Å²) in [5, 5.41) is 0. The van der Waals surface area contributed by atoms with Gasteiger partial charge in [0, 0.05) is 19.1 Å². The SMILES string of the molecule is CC1CN(CCOc2ccc(C(C)(C)C)cc2)CCC1N. The fraction of sp³-hybridized carbons (Fsp3) is 0.667. The third-order valence-corrected chi connectivity index (χ3v) is 4.45. The quantitative estimate of drug-likeness (QED) is 0.926. The maximum absolute atomic E-state index is 6.05. The van der Waals surface area contributed by atoms with E-state index >= 15 is 0 Å². The van der Waals surface area contributed by atoms with Crippen LogP contribution in [0.15, 0.2) is 24.3 Å². The van der Waals surface area contributed by atoms with Crippen molar-refractivity contribution in [3.8, 4) is 5.75 Å². The zero-order chi connectivity index (χ0) is 15.5. The summed E-state index contributed by atoms with van der Waals surface area (Å²) in [5.41, 5.74) is 7.59. The molecule has 2 atom stereocenters. The molecule has 0 saturated carbocycles. The van der Waals surface area contributed by atoms with Gasteiger partial charge in [0.15, 0.2) is 0 Å². The van der Waals surface area contributed by atoms with Gasteiger partial charge < -0.3 is 10.5 Å². The van der Waals surface area contributed by atoms with E-state index in [1.54, 1.807) is 0 Å². The molecule has 0 amide bonds. The van der Waals surface area contributed by atoms with Crippen LogP contribution in [0.3, 0.4) is 0 Å². The molecule has 0 bridgehead atoms. The number of nitrogens with zero attached hydrogens (tertiary/aromatic N) is 1. The topological polar surface area (TPSA) is 38.5 Å². The first-order valence-corrected chi connectivity index (χ1v) is 8.07. The average Bonchev–Trinajstić information content (AvgIpc) is 2.42. The summed E-state index contributed by atoms with van der Waals surface area (Å²) in [7, 11) is 0. The summed E-state index contributed by atoms with van der Waals surface area (Å²) in [6, 6.07) is 8.85. The van der Waals surface area contributed by atoms with Crippen LogP contribution in [-0.4, -0.2) is 37.2 Å². The van der Waals surface area contributed by atoms with Crippen LogP contribution in [0.5, 0.6) is 5.75 Å². The lowest BCUT2D eigenvalue weighted by Gasteiger charge is -2.34. The number of ether oxygens (including phenoxy) is 1. The van der Waals surface area contributed by atoms with Gasteiger partial charge in [-0.05, 0) is 42.0 Å². The van der Waals surface area contributed by atoms with E-state index in [4.69, 9.17) is 10.5 Å². The van der Waals surface area contributed by atoms with E-state index in [-0.39, 0.29) is 5.41 Å². The van der Waals surface area contributed by atoms with Crippen molar-refractivity contribution in [2.24, 2.45) is 11.7 Å². The van der Waals surface area contributed by atoms with Crippen LogP contribution >= 0.6 is 0 Å². The van der Waals surface area contributed by atoms with Crippen LogP contribution in [0.25, 0.3) is 0 Å². The Morgan fingerprint density at radius 2 is 1.90 bits per heavy atom. The molecule has 3 heteroatoms. The van der Waals surface area contributed by atoms with Gasteiger partial charge in [-0.3, -0.25) is 4.90 Å². The minimum absolute atomic E-state index is 0.196. The van der Waals surface area contributed by atoms with E-state index in [0.717, 1.165) is 38.4 Å². The molecule has 1 fully saturated rings. The normalized spacial score (nSPS) is 24.0. The monoisotopic (exact) mass is 290 g/mol. The molecule has 3 nitrogen and oxygen atoms in total.